The molecule has 114 valence electrons. The van der Waals surface area contributed by atoms with E-state index in [2.05, 4.69) is 10.2 Å². The van der Waals surface area contributed by atoms with Gasteiger partial charge in [0.1, 0.15) is 0 Å². The third kappa shape index (κ3) is 3.87. The SMILES string of the molecule is CCOC(=O)NCCC(=O)N1CCCC2CCCCC21. The molecule has 1 N–H and O–H groups in total. The summed E-state index contributed by atoms with van der Waals surface area (Å²) in [6, 6.07) is 0.451. The summed E-state index contributed by atoms with van der Waals surface area (Å²) in [7, 11) is 0. The zero-order valence-electron chi connectivity index (χ0n) is 12.4. The van der Waals surface area contributed by atoms with E-state index in [-0.39, 0.29) is 5.91 Å². The van der Waals surface area contributed by atoms with Gasteiger partial charge in [-0.3, -0.25) is 4.79 Å². The summed E-state index contributed by atoms with van der Waals surface area (Å²) in [5.41, 5.74) is 0. The second kappa shape index (κ2) is 7.50. The number of amides is 2. The van der Waals surface area contributed by atoms with E-state index in [9.17, 15) is 9.59 Å². The van der Waals surface area contributed by atoms with Gasteiger partial charge in [-0.2, -0.15) is 0 Å². The number of piperidine rings is 1. The molecule has 2 rings (SSSR count). The van der Waals surface area contributed by atoms with Gasteiger partial charge in [0.25, 0.3) is 0 Å². The first kappa shape index (κ1) is 15.1. The number of nitrogens with one attached hydrogen (secondary N) is 1. The first-order valence-electron chi connectivity index (χ1n) is 7.92. The fourth-order valence-electron chi connectivity index (χ4n) is 3.53. The maximum absolute atomic E-state index is 12.3. The van der Waals surface area contributed by atoms with Crippen LogP contribution in [0.25, 0.3) is 0 Å². The topological polar surface area (TPSA) is 58.6 Å². The fourth-order valence-corrected chi connectivity index (χ4v) is 3.53. The van der Waals surface area contributed by atoms with Crippen LogP contribution in [0.1, 0.15) is 51.9 Å². The predicted octanol–water partition coefficient (Wildman–Crippen LogP) is 2.30. The lowest BCUT2D eigenvalue weighted by atomic mass is 9.78. The Morgan fingerprint density at radius 2 is 1.95 bits per heavy atom. The van der Waals surface area contributed by atoms with Crippen LogP contribution in [0.2, 0.25) is 0 Å². The zero-order chi connectivity index (χ0) is 14.4. The van der Waals surface area contributed by atoms with Gasteiger partial charge in [0, 0.05) is 25.6 Å². The van der Waals surface area contributed by atoms with Crippen LogP contribution in [0.3, 0.4) is 0 Å². The minimum atomic E-state index is -0.436. The highest BCUT2D eigenvalue weighted by Crippen LogP contribution is 2.35. The fraction of sp³-hybridized carbons (Fsp3) is 0.867. The van der Waals surface area contributed by atoms with Gasteiger partial charge in [-0.1, -0.05) is 12.8 Å². The molecule has 2 fully saturated rings. The third-order valence-corrected chi connectivity index (χ3v) is 4.45. The Balaban J connectivity index is 1.77. The van der Waals surface area contributed by atoms with Crippen molar-refractivity contribution >= 4 is 12.0 Å². The van der Waals surface area contributed by atoms with Gasteiger partial charge in [0.2, 0.25) is 5.91 Å². The van der Waals surface area contributed by atoms with E-state index in [1.807, 2.05) is 0 Å². The van der Waals surface area contributed by atoms with Crippen LogP contribution in [-0.4, -0.2) is 42.6 Å². The van der Waals surface area contributed by atoms with Gasteiger partial charge in [0.05, 0.1) is 6.61 Å². The molecule has 2 aliphatic rings. The Labute approximate surface area is 121 Å². The molecule has 1 saturated carbocycles. The van der Waals surface area contributed by atoms with Crippen LogP contribution >= 0.6 is 0 Å². The number of ether oxygens (including phenoxy) is 1. The molecular weight excluding hydrogens is 256 g/mol. The second-order valence-corrected chi connectivity index (χ2v) is 5.74. The number of alkyl carbamates (subject to hydrolysis) is 1. The standard InChI is InChI=1S/C15H26N2O3/c1-2-20-15(19)16-10-9-14(18)17-11-5-7-12-6-3-4-8-13(12)17/h12-13H,2-11H2,1H3,(H,16,19). The Morgan fingerprint density at radius 1 is 1.20 bits per heavy atom. The van der Waals surface area contributed by atoms with Gasteiger partial charge in [-0.25, -0.2) is 4.79 Å². The van der Waals surface area contributed by atoms with Crippen molar-refractivity contribution in [3.05, 3.63) is 0 Å². The van der Waals surface area contributed by atoms with Crippen molar-refractivity contribution in [2.24, 2.45) is 5.92 Å². The van der Waals surface area contributed by atoms with Gasteiger partial charge in [-0.05, 0) is 38.5 Å². The monoisotopic (exact) mass is 282 g/mol. The lowest BCUT2D eigenvalue weighted by Gasteiger charge is -2.44. The highest BCUT2D eigenvalue weighted by atomic mass is 16.5. The van der Waals surface area contributed by atoms with Crippen LogP contribution in [0, 0.1) is 5.92 Å². The minimum Gasteiger partial charge on any atom is -0.450 e. The molecule has 0 bridgehead atoms. The molecule has 1 heterocycles. The first-order valence-corrected chi connectivity index (χ1v) is 7.92. The number of hydrogen-bond acceptors (Lipinski definition) is 3. The molecule has 5 nitrogen and oxygen atoms in total. The van der Waals surface area contributed by atoms with Crippen molar-refractivity contribution in [1.29, 1.82) is 0 Å². The maximum Gasteiger partial charge on any atom is 0.407 e. The van der Waals surface area contributed by atoms with E-state index in [1.165, 1.54) is 25.7 Å². The van der Waals surface area contributed by atoms with E-state index in [0.717, 1.165) is 19.4 Å². The second-order valence-electron chi connectivity index (χ2n) is 5.74. The number of carbonyl (C=O) groups excluding carboxylic acids is 2. The Bertz CT molecular complexity index is 344. The van der Waals surface area contributed by atoms with Gasteiger partial charge in [-0.15, -0.1) is 0 Å². The maximum atomic E-state index is 12.3. The molecular formula is C15H26N2O3. The van der Waals surface area contributed by atoms with E-state index in [4.69, 9.17) is 4.74 Å². The van der Waals surface area contributed by atoms with Gasteiger partial charge < -0.3 is 15.0 Å². The molecule has 2 atom stereocenters. The van der Waals surface area contributed by atoms with E-state index < -0.39 is 6.09 Å². The third-order valence-electron chi connectivity index (χ3n) is 4.45. The molecule has 1 saturated heterocycles. The number of nitrogens with zero attached hydrogens (tertiary/aromatic N) is 1. The zero-order valence-corrected chi connectivity index (χ0v) is 12.4. The number of hydrogen-bond donors (Lipinski definition) is 1. The molecule has 0 aromatic heterocycles. The van der Waals surface area contributed by atoms with Crippen LogP contribution in [0.15, 0.2) is 0 Å². The minimum absolute atomic E-state index is 0.179. The molecule has 2 amide bonds. The molecule has 20 heavy (non-hydrogen) atoms. The molecule has 2 unspecified atom stereocenters. The summed E-state index contributed by atoms with van der Waals surface area (Å²) < 4.78 is 4.78. The van der Waals surface area contributed by atoms with Gasteiger partial charge in [0.15, 0.2) is 0 Å². The Morgan fingerprint density at radius 3 is 2.75 bits per heavy atom. The average Bonchev–Trinajstić information content (AvgIpc) is 2.47. The molecule has 0 radical (unpaired) electrons. The van der Waals surface area contributed by atoms with Gasteiger partial charge >= 0.3 is 6.09 Å². The van der Waals surface area contributed by atoms with Crippen LogP contribution in [0.4, 0.5) is 4.79 Å². The molecule has 1 aliphatic carbocycles. The van der Waals surface area contributed by atoms with E-state index in [0.29, 0.717) is 31.5 Å². The molecule has 0 aromatic rings. The molecule has 1 aliphatic heterocycles. The summed E-state index contributed by atoms with van der Waals surface area (Å²) in [5, 5.41) is 2.62. The molecule has 0 aromatic carbocycles. The number of rotatable bonds is 4. The predicted molar refractivity (Wildman–Crippen MR) is 76.3 cm³/mol. The molecule has 5 heteroatoms. The summed E-state index contributed by atoms with van der Waals surface area (Å²) in [4.78, 5) is 25.6. The summed E-state index contributed by atoms with van der Waals surface area (Å²) in [6.45, 7) is 3.38. The normalized spacial score (nSPS) is 25.8. The smallest absolute Gasteiger partial charge is 0.407 e. The van der Waals surface area contributed by atoms with Crippen molar-refractivity contribution in [3.63, 3.8) is 0 Å². The quantitative estimate of drug-likeness (QED) is 0.860. The van der Waals surface area contributed by atoms with Crippen molar-refractivity contribution in [2.45, 2.75) is 57.9 Å². The lowest BCUT2D eigenvalue weighted by molar-refractivity contribution is -0.137. The number of likely N-dealkylation sites (tertiary alicyclic amines) is 1. The van der Waals surface area contributed by atoms with Crippen molar-refractivity contribution in [2.75, 3.05) is 19.7 Å². The van der Waals surface area contributed by atoms with Crippen LogP contribution in [0.5, 0.6) is 0 Å². The average molecular weight is 282 g/mol. The highest BCUT2D eigenvalue weighted by molar-refractivity contribution is 5.77. The van der Waals surface area contributed by atoms with E-state index in [1.54, 1.807) is 6.92 Å². The summed E-state index contributed by atoms with van der Waals surface area (Å²) >= 11 is 0. The lowest BCUT2D eigenvalue weighted by Crippen LogP contribution is -2.50. The van der Waals surface area contributed by atoms with Crippen LogP contribution in [-0.2, 0) is 9.53 Å². The Hall–Kier alpha value is -1.26. The first-order chi connectivity index (χ1) is 9.72. The number of fused-ring (bicyclic) bond motifs is 1. The van der Waals surface area contributed by atoms with Crippen molar-refractivity contribution in [3.8, 4) is 0 Å². The highest BCUT2D eigenvalue weighted by Gasteiger charge is 2.35. The van der Waals surface area contributed by atoms with E-state index >= 15 is 0 Å². The Kier molecular flexibility index (Phi) is 5.68. The number of carbonyl (C=O) groups is 2. The molecule has 0 spiro atoms. The van der Waals surface area contributed by atoms with Crippen LogP contribution < -0.4 is 5.32 Å². The summed E-state index contributed by atoms with van der Waals surface area (Å²) in [6.07, 6.45) is 7.32. The largest absolute Gasteiger partial charge is 0.450 e. The van der Waals surface area contributed by atoms with Crippen molar-refractivity contribution in [1.82, 2.24) is 10.2 Å². The summed E-state index contributed by atoms with van der Waals surface area (Å²) in [5.74, 6) is 0.887. The van der Waals surface area contributed by atoms with Crippen molar-refractivity contribution < 1.29 is 14.3 Å².